The van der Waals surface area contributed by atoms with Gasteiger partial charge in [-0.25, -0.2) is 4.39 Å². The number of nitrogens with zero attached hydrogens (tertiary/aromatic N) is 2. The fourth-order valence-electron chi connectivity index (χ4n) is 3.42. The highest BCUT2D eigenvalue weighted by Crippen LogP contribution is 2.21. The summed E-state index contributed by atoms with van der Waals surface area (Å²) in [6.07, 6.45) is 0. The van der Waals surface area contributed by atoms with E-state index in [0.717, 1.165) is 32.7 Å². The molecule has 26 heavy (non-hydrogen) atoms. The van der Waals surface area contributed by atoms with Crippen molar-refractivity contribution in [2.45, 2.75) is 13.0 Å². The smallest absolute Gasteiger partial charge is 0.251 e. The van der Waals surface area contributed by atoms with Gasteiger partial charge in [-0.15, -0.1) is 0 Å². The molecule has 5 heteroatoms. The van der Waals surface area contributed by atoms with Crippen LogP contribution in [0.4, 0.5) is 4.39 Å². The van der Waals surface area contributed by atoms with Crippen molar-refractivity contribution in [1.29, 1.82) is 0 Å². The zero-order valence-electron chi connectivity index (χ0n) is 15.2. The minimum atomic E-state index is -0.336. The Hall–Kier alpha value is -2.24. The van der Waals surface area contributed by atoms with E-state index in [-0.39, 0.29) is 17.8 Å². The molecule has 1 aliphatic heterocycles. The highest BCUT2D eigenvalue weighted by atomic mass is 19.1. The number of benzene rings is 2. The number of halogens is 1. The summed E-state index contributed by atoms with van der Waals surface area (Å²) in [4.78, 5) is 17.3. The maximum absolute atomic E-state index is 13.0. The number of carbonyl (C=O) groups excluding carboxylic acids is 1. The summed E-state index contributed by atoms with van der Waals surface area (Å²) in [5, 5.41) is 3.02. The molecular weight excluding hydrogens is 329 g/mol. The molecule has 2 aromatic carbocycles. The van der Waals surface area contributed by atoms with Gasteiger partial charge in [-0.2, -0.15) is 0 Å². The van der Waals surface area contributed by atoms with Crippen molar-refractivity contribution in [3.63, 3.8) is 0 Å². The third kappa shape index (κ3) is 4.68. The molecule has 0 bridgehead atoms. The van der Waals surface area contributed by atoms with Crippen LogP contribution in [0.15, 0.2) is 54.6 Å². The van der Waals surface area contributed by atoms with E-state index in [2.05, 4.69) is 34.2 Å². The Balaban J connectivity index is 1.68. The van der Waals surface area contributed by atoms with Gasteiger partial charge in [0.1, 0.15) is 5.82 Å². The molecule has 0 radical (unpaired) electrons. The second-order valence-corrected chi connectivity index (χ2v) is 6.61. The highest BCUT2D eigenvalue weighted by molar-refractivity contribution is 5.94. The average Bonchev–Trinajstić information content (AvgIpc) is 2.70. The van der Waals surface area contributed by atoms with Gasteiger partial charge in [0.2, 0.25) is 0 Å². The molecule has 2 aromatic rings. The second-order valence-electron chi connectivity index (χ2n) is 6.61. The van der Waals surface area contributed by atoms with Crippen LogP contribution in [0, 0.1) is 5.82 Å². The van der Waals surface area contributed by atoms with E-state index < -0.39 is 0 Å². The summed E-state index contributed by atoms with van der Waals surface area (Å²) in [5.74, 6) is -0.504. The number of likely N-dealkylation sites (N-methyl/N-ethyl adjacent to an activating group) is 1. The molecule has 1 unspecified atom stereocenters. The first-order valence-electron chi connectivity index (χ1n) is 9.22. The molecule has 0 aliphatic carbocycles. The first kappa shape index (κ1) is 18.5. The minimum absolute atomic E-state index is 0.139. The lowest BCUT2D eigenvalue weighted by molar-refractivity contribution is 0.0855. The molecule has 1 fully saturated rings. The number of carbonyl (C=O) groups is 1. The summed E-state index contributed by atoms with van der Waals surface area (Å²) in [5.41, 5.74) is 1.69. The first-order chi connectivity index (χ1) is 12.7. The van der Waals surface area contributed by atoms with Crippen LogP contribution < -0.4 is 5.32 Å². The van der Waals surface area contributed by atoms with Crippen molar-refractivity contribution < 1.29 is 9.18 Å². The molecule has 1 saturated heterocycles. The Morgan fingerprint density at radius 2 is 1.69 bits per heavy atom. The van der Waals surface area contributed by atoms with Crippen LogP contribution in [-0.4, -0.2) is 55.0 Å². The number of rotatable bonds is 6. The molecule has 0 aromatic heterocycles. The molecule has 1 amide bonds. The van der Waals surface area contributed by atoms with Crippen molar-refractivity contribution in [3.8, 4) is 0 Å². The summed E-state index contributed by atoms with van der Waals surface area (Å²) in [7, 11) is 0. The minimum Gasteiger partial charge on any atom is -0.350 e. The van der Waals surface area contributed by atoms with Gasteiger partial charge in [-0.1, -0.05) is 37.3 Å². The Labute approximate surface area is 154 Å². The Morgan fingerprint density at radius 1 is 1.04 bits per heavy atom. The average molecular weight is 355 g/mol. The third-order valence-electron chi connectivity index (χ3n) is 5.04. The van der Waals surface area contributed by atoms with Gasteiger partial charge >= 0.3 is 0 Å². The molecule has 0 spiro atoms. The summed E-state index contributed by atoms with van der Waals surface area (Å²) in [6.45, 7) is 7.86. The van der Waals surface area contributed by atoms with Gasteiger partial charge < -0.3 is 10.2 Å². The Kier molecular flexibility index (Phi) is 6.36. The molecule has 1 N–H and O–H groups in total. The fourth-order valence-corrected chi connectivity index (χ4v) is 3.42. The molecule has 1 atom stereocenters. The molecule has 138 valence electrons. The predicted octanol–water partition coefficient (Wildman–Crippen LogP) is 2.93. The molecule has 3 rings (SSSR count). The van der Waals surface area contributed by atoms with E-state index in [1.807, 2.05) is 18.2 Å². The molecule has 0 saturated carbocycles. The van der Waals surface area contributed by atoms with Crippen molar-refractivity contribution in [2.24, 2.45) is 0 Å². The Bertz CT molecular complexity index is 697. The number of nitrogens with one attached hydrogen (secondary N) is 1. The summed E-state index contributed by atoms with van der Waals surface area (Å²) < 4.78 is 13.0. The van der Waals surface area contributed by atoms with Crippen molar-refractivity contribution >= 4 is 5.91 Å². The van der Waals surface area contributed by atoms with E-state index in [1.54, 1.807) is 0 Å². The predicted molar refractivity (Wildman–Crippen MR) is 102 cm³/mol. The third-order valence-corrected chi connectivity index (χ3v) is 5.04. The van der Waals surface area contributed by atoms with E-state index in [9.17, 15) is 9.18 Å². The molecule has 1 aliphatic rings. The summed E-state index contributed by atoms with van der Waals surface area (Å²) in [6, 6.07) is 16.1. The van der Waals surface area contributed by atoms with Gasteiger partial charge in [-0.05, 0) is 36.4 Å². The van der Waals surface area contributed by atoms with Crippen LogP contribution in [0.3, 0.4) is 0 Å². The lowest BCUT2D eigenvalue weighted by atomic mass is 10.0. The standard InChI is InChI=1S/C21H26FN3O/c1-2-24-12-14-25(15-13-24)20(17-6-4-3-5-7-17)16-23-21(26)18-8-10-19(22)11-9-18/h3-11,20H,2,12-16H2,1H3,(H,23,26). The number of piperazine rings is 1. The number of hydrogen-bond acceptors (Lipinski definition) is 3. The maximum Gasteiger partial charge on any atom is 0.251 e. The van der Waals surface area contributed by atoms with Crippen LogP contribution in [0.25, 0.3) is 0 Å². The van der Waals surface area contributed by atoms with Gasteiger partial charge in [0.05, 0.1) is 6.04 Å². The van der Waals surface area contributed by atoms with Crippen LogP contribution >= 0.6 is 0 Å². The van der Waals surface area contributed by atoms with Crippen molar-refractivity contribution in [3.05, 3.63) is 71.5 Å². The zero-order valence-corrected chi connectivity index (χ0v) is 15.2. The first-order valence-corrected chi connectivity index (χ1v) is 9.22. The highest BCUT2D eigenvalue weighted by Gasteiger charge is 2.25. The second kappa shape index (κ2) is 8.92. The van der Waals surface area contributed by atoms with Gasteiger partial charge in [-0.3, -0.25) is 9.69 Å². The van der Waals surface area contributed by atoms with Gasteiger partial charge in [0.25, 0.3) is 5.91 Å². The maximum atomic E-state index is 13.0. The van der Waals surface area contributed by atoms with Gasteiger partial charge in [0, 0.05) is 38.3 Å². The van der Waals surface area contributed by atoms with E-state index in [1.165, 1.54) is 29.8 Å². The quantitative estimate of drug-likeness (QED) is 0.865. The van der Waals surface area contributed by atoms with Crippen LogP contribution in [0.1, 0.15) is 28.9 Å². The topological polar surface area (TPSA) is 35.6 Å². The van der Waals surface area contributed by atoms with E-state index in [0.29, 0.717) is 12.1 Å². The lowest BCUT2D eigenvalue weighted by Gasteiger charge is -2.39. The number of hydrogen-bond donors (Lipinski definition) is 1. The van der Waals surface area contributed by atoms with Crippen molar-refractivity contribution in [2.75, 3.05) is 39.3 Å². The van der Waals surface area contributed by atoms with Gasteiger partial charge in [0.15, 0.2) is 0 Å². The fraction of sp³-hybridized carbons (Fsp3) is 0.381. The van der Waals surface area contributed by atoms with E-state index in [4.69, 9.17) is 0 Å². The molecule has 1 heterocycles. The van der Waals surface area contributed by atoms with Crippen LogP contribution in [0.2, 0.25) is 0 Å². The monoisotopic (exact) mass is 355 g/mol. The molecule has 4 nitrogen and oxygen atoms in total. The SMILES string of the molecule is CCN1CCN(C(CNC(=O)c2ccc(F)cc2)c2ccccc2)CC1. The molecular formula is C21H26FN3O. The normalized spacial score (nSPS) is 17.0. The van der Waals surface area contributed by atoms with Crippen molar-refractivity contribution in [1.82, 2.24) is 15.1 Å². The Morgan fingerprint density at radius 3 is 2.31 bits per heavy atom. The summed E-state index contributed by atoms with van der Waals surface area (Å²) >= 11 is 0. The van der Waals surface area contributed by atoms with E-state index >= 15 is 0 Å². The van der Waals surface area contributed by atoms with Crippen LogP contribution in [0.5, 0.6) is 0 Å². The largest absolute Gasteiger partial charge is 0.350 e. The lowest BCUT2D eigenvalue weighted by Crippen LogP contribution is -2.49. The number of amides is 1. The van der Waals surface area contributed by atoms with Crippen LogP contribution in [-0.2, 0) is 0 Å². The zero-order chi connectivity index (χ0) is 18.4.